The molecule has 0 aliphatic heterocycles. The van der Waals surface area contributed by atoms with Crippen molar-refractivity contribution in [1.82, 2.24) is 15.0 Å². The summed E-state index contributed by atoms with van der Waals surface area (Å²) < 4.78 is 0. The van der Waals surface area contributed by atoms with E-state index >= 15 is 0 Å². The lowest BCUT2D eigenvalue weighted by Gasteiger charge is -2.12. The van der Waals surface area contributed by atoms with Gasteiger partial charge in [-0.25, -0.2) is 0 Å². The van der Waals surface area contributed by atoms with Crippen LogP contribution in [0, 0.1) is 6.92 Å². The summed E-state index contributed by atoms with van der Waals surface area (Å²) in [5, 5.41) is 8.72. The molecule has 2 N–H and O–H groups in total. The largest absolute Gasteiger partial charge is 0.323 e. The summed E-state index contributed by atoms with van der Waals surface area (Å²) in [6, 6.07) is 18.3. The molecule has 5 nitrogen and oxygen atoms in total. The standard InChI is InChI=1S/C22H15Cl4N5S/c1-12-2-6-15(7-3-12)32-22-30-20(27-18-10-13(23)4-8-16(18)25)29-21(31-22)28-19-11-14(24)5-9-17(19)26/h2-11H,1H3,(H2,27,28,29,30,31). The number of halogens is 4. The van der Waals surface area contributed by atoms with Crippen LogP contribution in [-0.2, 0) is 0 Å². The summed E-state index contributed by atoms with van der Waals surface area (Å²) in [6.45, 7) is 2.03. The third-order valence-electron chi connectivity index (χ3n) is 4.19. The maximum absolute atomic E-state index is 6.29. The maximum Gasteiger partial charge on any atom is 0.233 e. The second-order valence-electron chi connectivity index (χ2n) is 6.68. The Bertz CT molecular complexity index is 1200. The van der Waals surface area contributed by atoms with Crippen LogP contribution in [0.15, 0.2) is 70.7 Å². The summed E-state index contributed by atoms with van der Waals surface area (Å²) in [6.07, 6.45) is 0. The lowest BCUT2D eigenvalue weighted by Crippen LogP contribution is -2.05. The van der Waals surface area contributed by atoms with Gasteiger partial charge < -0.3 is 10.6 Å². The molecule has 0 atom stereocenters. The normalized spacial score (nSPS) is 10.8. The lowest BCUT2D eigenvalue weighted by atomic mass is 10.2. The van der Waals surface area contributed by atoms with E-state index in [0.717, 1.165) is 4.90 Å². The van der Waals surface area contributed by atoms with Gasteiger partial charge >= 0.3 is 0 Å². The Kier molecular flexibility index (Phi) is 7.28. The Morgan fingerprint density at radius 1 is 0.656 bits per heavy atom. The predicted molar refractivity (Wildman–Crippen MR) is 135 cm³/mol. The highest BCUT2D eigenvalue weighted by molar-refractivity contribution is 7.99. The molecule has 10 heteroatoms. The fraction of sp³-hybridized carbons (Fsp3) is 0.0455. The number of anilines is 4. The van der Waals surface area contributed by atoms with Crippen LogP contribution in [0.4, 0.5) is 23.3 Å². The molecule has 1 aromatic heterocycles. The third kappa shape index (κ3) is 5.97. The zero-order chi connectivity index (χ0) is 22.7. The molecule has 0 amide bonds. The summed E-state index contributed by atoms with van der Waals surface area (Å²) >= 11 is 26.2. The Balaban J connectivity index is 1.70. The van der Waals surface area contributed by atoms with Gasteiger partial charge in [0.1, 0.15) is 0 Å². The van der Waals surface area contributed by atoms with Gasteiger partial charge in [-0.3, -0.25) is 0 Å². The molecule has 1 heterocycles. The molecule has 4 aromatic rings. The molecule has 0 saturated heterocycles. The van der Waals surface area contributed by atoms with Gasteiger partial charge in [-0.05, 0) is 67.2 Å². The highest BCUT2D eigenvalue weighted by atomic mass is 35.5. The van der Waals surface area contributed by atoms with Gasteiger partial charge in [-0.1, -0.05) is 64.1 Å². The van der Waals surface area contributed by atoms with Gasteiger partial charge in [0.05, 0.1) is 21.4 Å². The van der Waals surface area contributed by atoms with Gasteiger partial charge in [-0.2, -0.15) is 15.0 Å². The quantitative estimate of drug-likeness (QED) is 0.265. The maximum atomic E-state index is 6.29. The monoisotopic (exact) mass is 521 g/mol. The molecular formula is C22H15Cl4N5S. The molecule has 0 aliphatic carbocycles. The molecule has 4 rings (SSSR count). The first-order valence-corrected chi connectivity index (χ1v) is 11.6. The Morgan fingerprint density at radius 3 is 1.66 bits per heavy atom. The molecular weight excluding hydrogens is 508 g/mol. The topological polar surface area (TPSA) is 62.7 Å². The highest BCUT2D eigenvalue weighted by Crippen LogP contribution is 2.32. The van der Waals surface area contributed by atoms with Crippen molar-refractivity contribution >= 4 is 81.4 Å². The Labute approximate surface area is 209 Å². The van der Waals surface area contributed by atoms with E-state index in [1.165, 1.54) is 17.3 Å². The summed E-state index contributed by atoms with van der Waals surface area (Å²) in [4.78, 5) is 14.5. The highest BCUT2D eigenvalue weighted by Gasteiger charge is 2.12. The summed E-state index contributed by atoms with van der Waals surface area (Å²) in [5.41, 5.74) is 2.31. The molecule has 0 radical (unpaired) electrons. The second kappa shape index (κ2) is 10.1. The first-order valence-electron chi connectivity index (χ1n) is 9.30. The fourth-order valence-corrected chi connectivity index (χ4v) is 4.07. The number of benzene rings is 3. The molecule has 162 valence electrons. The third-order valence-corrected chi connectivity index (χ3v) is 6.20. The Hall–Kier alpha value is -2.22. The van der Waals surface area contributed by atoms with E-state index in [-0.39, 0.29) is 0 Å². The average molecular weight is 523 g/mol. The van der Waals surface area contributed by atoms with Crippen LogP contribution in [0.3, 0.4) is 0 Å². The molecule has 0 fully saturated rings. The number of aryl methyl sites for hydroxylation is 1. The van der Waals surface area contributed by atoms with Crippen molar-refractivity contribution in [2.75, 3.05) is 10.6 Å². The lowest BCUT2D eigenvalue weighted by molar-refractivity contribution is 0.920. The number of hydrogen-bond acceptors (Lipinski definition) is 6. The van der Waals surface area contributed by atoms with Crippen molar-refractivity contribution < 1.29 is 0 Å². The van der Waals surface area contributed by atoms with E-state index in [1.54, 1.807) is 36.4 Å². The molecule has 3 aromatic carbocycles. The molecule has 0 aliphatic rings. The van der Waals surface area contributed by atoms with Crippen molar-refractivity contribution in [3.8, 4) is 0 Å². The second-order valence-corrected chi connectivity index (χ2v) is 9.41. The van der Waals surface area contributed by atoms with Crippen LogP contribution in [0.25, 0.3) is 0 Å². The zero-order valence-electron chi connectivity index (χ0n) is 16.5. The minimum atomic E-state index is 0.291. The van der Waals surface area contributed by atoms with Crippen molar-refractivity contribution in [2.24, 2.45) is 0 Å². The first kappa shape index (κ1) is 23.0. The van der Waals surface area contributed by atoms with E-state index in [1.807, 2.05) is 31.2 Å². The predicted octanol–water partition coefficient (Wildman–Crippen LogP) is 8.43. The number of nitrogens with one attached hydrogen (secondary N) is 2. The van der Waals surface area contributed by atoms with Gasteiger partial charge in [-0.15, -0.1) is 0 Å². The van der Waals surface area contributed by atoms with Crippen LogP contribution >= 0.6 is 58.2 Å². The van der Waals surface area contributed by atoms with E-state index in [9.17, 15) is 0 Å². The van der Waals surface area contributed by atoms with E-state index in [2.05, 4.69) is 25.6 Å². The van der Waals surface area contributed by atoms with E-state index < -0.39 is 0 Å². The van der Waals surface area contributed by atoms with E-state index in [0.29, 0.717) is 48.5 Å². The minimum Gasteiger partial charge on any atom is -0.323 e. The molecule has 0 bridgehead atoms. The van der Waals surface area contributed by atoms with Gasteiger partial charge in [0.25, 0.3) is 0 Å². The number of rotatable bonds is 6. The zero-order valence-corrected chi connectivity index (χ0v) is 20.4. The molecule has 0 spiro atoms. The van der Waals surface area contributed by atoms with Crippen molar-refractivity contribution in [2.45, 2.75) is 17.0 Å². The minimum absolute atomic E-state index is 0.291. The van der Waals surface area contributed by atoms with Gasteiger partial charge in [0.15, 0.2) is 5.16 Å². The molecule has 0 unspecified atom stereocenters. The number of aromatic nitrogens is 3. The number of hydrogen-bond donors (Lipinski definition) is 2. The van der Waals surface area contributed by atoms with E-state index in [4.69, 9.17) is 46.4 Å². The van der Waals surface area contributed by atoms with Crippen molar-refractivity contribution in [3.63, 3.8) is 0 Å². The average Bonchev–Trinajstić information content (AvgIpc) is 2.75. The van der Waals surface area contributed by atoms with Gasteiger partial charge in [0, 0.05) is 14.9 Å². The SMILES string of the molecule is Cc1ccc(Sc2nc(Nc3cc(Cl)ccc3Cl)nc(Nc3cc(Cl)ccc3Cl)n2)cc1. The van der Waals surface area contributed by atoms with Crippen LogP contribution in [0.2, 0.25) is 20.1 Å². The first-order chi connectivity index (χ1) is 15.4. The summed E-state index contributed by atoms with van der Waals surface area (Å²) in [7, 11) is 0. The van der Waals surface area contributed by atoms with Crippen LogP contribution in [-0.4, -0.2) is 15.0 Å². The fourth-order valence-electron chi connectivity index (χ4n) is 2.65. The Morgan fingerprint density at radius 2 is 1.16 bits per heavy atom. The van der Waals surface area contributed by atoms with Crippen LogP contribution in [0.1, 0.15) is 5.56 Å². The van der Waals surface area contributed by atoms with Crippen LogP contribution < -0.4 is 10.6 Å². The summed E-state index contributed by atoms with van der Waals surface area (Å²) in [5.74, 6) is 0.582. The molecule has 32 heavy (non-hydrogen) atoms. The van der Waals surface area contributed by atoms with Crippen LogP contribution in [0.5, 0.6) is 0 Å². The van der Waals surface area contributed by atoms with Crippen molar-refractivity contribution in [3.05, 3.63) is 86.3 Å². The van der Waals surface area contributed by atoms with Crippen molar-refractivity contribution in [1.29, 1.82) is 0 Å². The number of nitrogens with zero attached hydrogens (tertiary/aromatic N) is 3. The smallest absolute Gasteiger partial charge is 0.233 e. The van der Waals surface area contributed by atoms with Gasteiger partial charge in [0.2, 0.25) is 11.9 Å². The molecule has 0 saturated carbocycles.